The van der Waals surface area contributed by atoms with Gasteiger partial charge in [0.2, 0.25) is 0 Å². The Morgan fingerprint density at radius 1 is 1.16 bits per heavy atom. The molecule has 9 nitrogen and oxygen atoms in total. The van der Waals surface area contributed by atoms with Crippen molar-refractivity contribution >= 4 is 38.1 Å². The number of aromatic nitrogens is 1. The van der Waals surface area contributed by atoms with Gasteiger partial charge in [-0.05, 0) is 37.3 Å². The van der Waals surface area contributed by atoms with Crippen LogP contribution in [0, 0.1) is 6.92 Å². The molecule has 0 radical (unpaired) electrons. The van der Waals surface area contributed by atoms with Gasteiger partial charge >= 0.3 is 0 Å². The third kappa shape index (κ3) is 4.14. The van der Waals surface area contributed by atoms with Crippen molar-refractivity contribution in [2.45, 2.75) is 11.8 Å². The number of sulfonamides is 1. The molecule has 0 spiro atoms. The zero-order valence-corrected chi connectivity index (χ0v) is 18.5. The highest BCUT2D eigenvalue weighted by atomic mass is 32.2. The quantitative estimate of drug-likeness (QED) is 0.579. The zero-order valence-electron chi connectivity index (χ0n) is 16.9. The van der Waals surface area contributed by atoms with E-state index < -0.39 is 10.0 Å². The summed E-state index contributed by atoms with van der Waals surface area (Å²) >= 11 is 1.20. The number of thiazole rings is 1. The van der Waals surface area contributed by atoms with Crippen molar-refractivity contribution in [3.8, 4) is 28.5 Å². The molecule has 31 heavy (non-hydrogen) atoms. The van der Waals surface area contributed by atoms with Crippen molar-refractivity contribution in [3.63, 3.8) is 0 Å². The molecule has 2 aromatic carbocycles. The van der Waals surface area contributed by atoms with E-state index in [1.54, 1.807) is 18.2 Å². The van der Waals surface area contributed by atoms with E-state index in [1.165, 1.54) is 37.7 Å². The number of nitrogens with zero attached hydrogens (tertiary/aromatic N) is 1. The van der Waals surface area contributed by atoms with Crippen LogP contribution in [0.1, 0.15) is 4.88 Å². The standard InChI is InChI=1S/C20H19N3O6S2/c1-11-19(12-4-6-15-14(8-12)21-18(24)10-29-15)22-20(30-11)23-31(25,26)17-7-5-13(27-2)9-16(17)28-3/h4-9H,10H2,1-3H3,(H,21,24)(H,22,23). The lowest BCUT2D eigenvalue weighted by molar-refractivity contribution is -0.118. The fourth-order valence-corrected chi connectivity index (χ4v) is 5.33. The van der Waals surface area contributed by atoms with E-state index >= 15 is 0 Å². The van der Waals surface area contributed by atoms with Crippen molar-refractivity contribution in [1.82, 2.24) is 4.98 Å². The van der Waals surface area contributed by atoms with E-state index in [4.69, 9.17) is 14.2 Å². The summed E-state index contributed by atoms with van der Waals surface area (Å²) in [6.07, 6.45) is 0. The molecule has 4 rings (SSSR count). The van der Waals surface area contributed by atoms with Crippen LogP contribution in [0.15, 0.2) is 41.3 Å². The predicted molar refractivity (Wildman–Crippen MR) is 117 cm³/mol. The van der Waals surface area contributed by atoms with Crippen LogP contribution in [0.25, 0.3) is 11.3 Å². The minimum absolute atomic E-state index is 0.0250. The topological polar surface area (TPSA) is 116 Å². The fourth-order valence-electron chi connectivity index (χ4n) is 3.11. The maximum absolute atomic E-state index is 12.9. The summed E-state index contributed by atoms with van der Waals surface area (Å²) in [5.74, 6) is 0.975. The largest absolute Gasteiger partial charge is 0.497 e. The third-order valence-electron chi connectivity index (χ3n) is 4.56. The van der Waals surface area contributed by atoms with E-state index in [0.717, 1.165) is 10.4 Å². The van der Waals surface area contributed by atoms with Crippen LogP contribution < -0.4 is 24.2 Å². The second-order valence-corrected chi connectivity index (χ2v) is 9.45. The van der Waals surface area contributed by atoms with Gasteiger partial charge in [0.05, 0.1) is 25.6 Å². The van der Waals surface area contributed by atoms with Gasteiger partial charge in [-0.2, -0.15) is 0 Å². The first-order chi connectivity index (χ1) is 14.8. The van der Waals surface area contributed by atoms with Gasteiger partial charge in [-0.1, -0.05) is 0 Å². The van der Waals surface area contributed by atoms with Gasteiger partial charge < -0.3 is 19.5 Å². The molecule has 0 bridgehead atoms. The lowest BCUT2D eigenvalue weighted by Crippen LogP contribution is -2.25. The smallest absolute Gasteiger partial charge is 0.267 e. The van der Waals surface area contributed by atoms with Crippen LogP contribution in [0.2, 0.25) is 0 Å². The lowest BCUT2D eigenvalue weighted by Gasteiger charge is -2.18. The van der Waals surface area contributed by atoms with Crippen molar-refractivity contribution in [3.05, 3.63) is 41.3 Å². The Balaban J connectivity index is 1.64. The number of hydrogen-bond acceptors (Lipinski definition) is 8. The molecule has 1 amide bonds. The molecule has 1 aliphatic heterocycles. The van der Waals surface area contributed by atoms with E-state index in [9.17, 15) is 13.2 Å². The van der Waals surface area contributed by atoms with Gasteiger partial charge in [0.25, 0.3) is 15.9 Å². The first-order valence-corrected chi connectivity index (χ1v) is 11.4. The molecule has 2 N–H and O–H groups in total. The SMILES string of the molecule is COc1ccc(S(=O)(=O)Nc2nc(-c3ccc4c(c3)NC(=O)CO4)c(C)s2)c(OC)c1. The molecule has 0 aliphatic carbocycles. The first-order valence-electron chi connectivity index (χ1n) is 9.10. The minimum atomic E-state index is -3.95. The Morgan fingerprint density at radius 3 is 2.71 bits per heavy atom. The number of anilines is 2. The summed E-state index contributed by atoms with van der Waals surface area (Å²) in [4.78, 5) is 16.8. The molecule has 0 saturated heterocycles. The van der Waals surface area contributed by atoms with Crippen LogP contribution >= 0.6 is 11.3 Å². The summed E-state index contributed by atoms with van der Waals surface area (Å²) in [5.41, 5.74) is 1.88. The van der Waals surface area contributed by atoms with Crippen LogP contribution in [0.5, 0.6) is 17.2 Å². The number of fused-ring (bicyclic) bond motifs is 1. The van der Waals surface area contributed by atoms with Crippen LogP contribution in [-0.4, -0.2) is 40.1 Å². The maximum atomic E-state index is 12.9. The molecular weight excluding hydrogens is 442 g/mol. The maximum Gasteiger partial charge on any atom is 0.267 e. The number of nitrogens with one attached hydrogen (secondary N) is 2. The number of methoxy groups -OCH3 is 2. The van der Waals surface area contributed by atoms with E-state index in [1.807, 2.05) is 13.0 Å². The van der Waals surface area contributed by atoms with Gasteiger partial charge in [0.1, 0.15) is 22.1 Å². The van der Waals surface area contributed by atoms with Gasteiger partial charge in [-0.3, -0.25) is 9.52 Å². The number of hydrogen-bond donors (Lipinski definition) is 2. The Morgan fingerprint density at radius 2 is 1.97 bits per heavy atom. The molecule has 162 valence electrons. The second-order valence-electron chi connectivity index (χ2n) is 6.59. The number of carbonyl (C=O) groups excluding carboxylic acids is 1. The summed E-state index contributed by atoms with van der Waals surface area (Å²) < 4.78 is 44.1. The van der Waals surface area contributed by atoms with Crippen molar-refractivity contribution < 1.29 is 27.4 Å². The average molecular weight is 462 g/mol. The Bertz CT molecular complexity index is 1270. The highest BCUT2D eigenvalue weighted by molar-refractivity contribution is 7.93. The highest BCUT2D eigenvalue weighted by Crippen LogP contribution is 2.37. The molecule has 3 aromatic rings. The van der Waals surface area contributed by atoms with Crippen LogP contribution in [0.3, 0.4) is 0 Å². The highest BCUT2D eigenvalue weighted by Gasteiger charge is 2.23. The molecule has 0 saturated carbocycles. The summed E-state index contributed by atoms with van der Waals surface area (Å²) in [6, 6.07) is 9.75. The summed E-state index contributed by atoms with van der Waals surface area (Å²) in [6.45, 7) is 1.82. The van der Waals surface area contributed by atoms with Crippen molar-refractivity contribution in [2.24, 2.45) is 0 Å². The molecule has 0 atom stereocenters. The van der Waals surface area contributed by atoms with Gasteiger partial charge in [-0.25, -0.2) is 13.4 Å². The number of carbonyl (C=O) groups is 1. The lowest BCUT2D eigenvalue weighted by atomic mass is 10.1. The number of benzene rings is 2. The third-order valence-corrected chi connectivity index (χ3v) is 6.96. The number of amides is 1. The average Bonchev–Trinajstić information content (AvgIpc) is 3.11. The second kappa shape index (κ2) is 8.08. The minimum Gasteiger partial charge on any atom is -0.497 e. The first kappa shape index (κ1) is 20.9. The van der Waals surface area contributed by atoms with E-state index in [2.05, 4.69) is 15.0 Å². The summed E-state index contributed by atoms with van der Waals surface area (Å²) in [7, 11) is -1.08. The van der Waals surface area contributed by atoms with Gasteiger partial charge in [0, 0.05) is 16.5 Å². The Hall–Kier alpha value is -3.31. The van der Waals surface area contributed by atoms with Crippen LogP contribution in [-0.2, 0) is 14.8 Å². The fraction of sp³-hybridized carbons (Fsp3) is 0.200. The van der Waals surface area contributed by atoms with Crippen molar-refractivity contribution in [2.75, 3.05) is 30.9 Å². The Kier molecular flexibility index (Phi) is 5.46. The summed E-state index contributed by atoms with van der Waals surface area (Å²) in [5, 5.41) is 2.97. The van der Waals surface area contributed by atoms with E-state index in [-0.39, 0.29) is 28.3 Å². The Labute approximate surface area is 183 Å². The monoisotopic (exact) mass is 461 g/mol. The molecular formula is C20H19N3O6S2. The van der Waals surface area contributed by atoms with Gasteiger partial charge in [-0.15, -0.1) is 11.3 Å². The molecule has 0 fully saturated rings. The zero-order chi connectivity index (χ0) is 22.2. The molecule has 11 heteroatoms. The van der Waals surface area contributed by atoms with Crippen LogP contribution in [0.4, 0.5) is 10.8 Å². The normalized spacial score (nSPS) is 13.1. The molecule has 2 heterocycles. The molecule has 1 aliphatic rings. The van der Waals surface area contributed by atoms with E-state index in [0.29, 0.717) is 22.9 Å². The number of ether oxygens (including phenoxy) is 3. The predicted octanol–water partition coefficient (Wildman–Crippen LogP) is 3.27. The number of rotatable bonds is 6. The molecule has 0 unspecified atom stereocenters. The number of aryl methyl sites for hydroxylation is 1. The van der Waals surface area contributed by atoms with Gasteiger partial charge in [0.15, 0.2) is 11.7 Å². The van der Waals surface area contributed by atoms with Crippen molar-refractivity contribution in [1.29, 1.82) is 0 Å². The molecule has 1 aromatic heterocycles.